The number of carbonyl (C=O) groups is 1. The Labute approximate surface area is 112 Å². The molecule has 1 heterocycles. The number of rotatable bonds is 3. The third-order valence-corrected chi connectivity index (χ3v) is 4.93. The van der Waals surface area contributed by atoms with Gasteiger partial charge in [-0.3, -0.25) is 4.79 Å². The molecule has 2 unspecified atom stereocenters. The highest BCUT2D eigenvalue weighted by molar-refractivity contribution is 8.00. The van der Waals surface area contributed by atoms with Gasteiger partial charge in [0.1, 0.15) is 0 Å². The Hall–Kier alpha value is -1.00. The van der Waals surface area contributed by atoms with Gasteiger partial charge >= 0.3 is 0 Å². The molecule has 98 valence electrons. The zero-order chi connectivity index (χ0) is 13.4. The first kappa shape index (κ1) is 13.4. The van der Waals surface area contributed by atoms with Gasteiger partial charge < -0.3 is 10.0 Å². The fourth-order valence-electron chi connectivity index (χ4n) is 1.90. The van der Waals surface area contributed by atoms with Crippen molar-refractivity contribution in [3.8, 4) is 0 Å². The molecule has 1 N–H and O–H groups in total. The van der Waals surface area contributed by atoms with Crippen LogP contribution < -0.4 is 4.90 Å². The van der Waals surface area contributed by atoms with Crippen LogP contribution in [0.15, 0.2) is 23.1 Å². The van der Waals surface area contributed by atoms with Gasteiger partial charge in [-0.15, -0.1) is 11.8 Å². The summed E-state index contributed by atoms with van der Waals surface area (Å²) >= 11 is 1.80. The maximum absolute atomic E-state index is 11.7. The Morgan fingerprint density at radius 1 is 1.33 bits per heavy atom. The molecule has 1 aliphatic heterocycles. The lowest BCUT2D eigenvalue weighted by atomic mass is 10.1. The SMILES string of the molecule is CC(C)C(C)Sc1ccc2c(c1)N(C)C(=O)C2O. The fraction of sp³-hybridized carbons (Fsp3) is 0.500. The molecule has 0 spiro atoms. The van der Waals surface area contributed by atoms with Crippen molar-refractivity contribution in [2.24, 2.45) is 5.92 Å². The molecule has 2 atom stereocenters. The van der Waals surface area contributed by atoms with Crippen LogP contribution in [-0.4, -0.2) is 23.3 Å². The largest absolute Gasteiger partial charge is 0.378 e. The van der Waals surface area contributed by atoms with Gasteiger partial charge in [0.2, 0.25) is 0 Å². The summed E-state index contributed by atoms with van der Waals surface area (Å²) in [5.41, 5.74) is 1.54. The lowest BCUT2D eigenvalue weighted by Crippen LogP contribution is -2.23. The van der Waals surface area contributed by atoms with Gasteiger partial charge in [0.05, 0.1) is 5.69 Å². The second-order valence-electron chi connectivity index (χ2n) is 5.09. The first-order valence-electron chi connectivity index (χ1n) is 6.18. The van der Waals surface area contributed by atoms with Crippen LogP contribution in [0.25, 0.3) is 0 Å². The normalized spacial score (nSPS) is 20.4. The van der Waals surface area contributed by atoms with Crippen LogP contribution in [0.3, 0.4) is 0 Å². The molecular weight excluding hydrogens is 246 g/mol. The molecule has 0 bridgehead atoms. The van der Waals surface area contributed by atoms with Gasteiger partial charge in [0.25, 0.3) is 5.91 Å². The van der Waals surface area contributed by atoms with E-state index >= 15 is 0 Å². The topological polar surface area (TPSA) is 40.5 Å². The monoisotopic (exact) mass is 265 g/mol. The van der Waals surface area contributed by atoms with Gasteiger partial charge in [-0.2, -0.15) is 0 Å². The Kier molecular flexibility index (Phi) is 3.69. The van der Waals surface area contributed by atoms with E-state index in [0.717, 1.165) is 10.6 Å². The third kappa shape index (κ3) is 2.27. The number of aliphatic hydroxyl groups excluding tert-OH is 1. The van der Waals surface area contributed by atoms with Crippen molar-refractivity contribution in [3.63, 3.8) is 0 Å². The number of carbonyl (C=O) groups excluding carboxylic acids is 1. The first-order valence-corrected chi connectivity index (χ1v) is 7.06. The van der Waals surface area contributed by atoms with Gasteiger partial charge in [-0.25, -0.2) is 0 Å². The van der Waals surface area contributed by atoms with E-state index in [9.17, 15) is 9.90 Å². The Morgan fingerprint density at radius 3 is 2.61 bits per heavy atom. The molecule has 1 aliphatic rings. The van der Waals surface area contributed by atoms with Crippen LogP contribution in [0.5, 0.6) is 0 Å². The molecule has 0 fully saturated rings. The number of hydrogen-bond acceptors (Lipinski definition) is 3. The van der Waals surface area contributed by atoms with Gasteiger partial charge in [-0.05, 0) is 18.1 Å². The molecular formula is C14H19NO2S. The van der Waals surface area contributed by atoms with Crippen LogP contribution in [0.2, 0.25) is 0 Å². The molecule has 0 aromatic heterocycles. The van der Waals surface area contributed by atoms with Crippen LogP contribution in [-0.2, 0) is 4.79 Å². The predicted octanol–water partition coefficient (Wildman–Crippen LogP) is 2.83. The van der Waals surface area contributed by atoms with E-state index in [0.29, 0.717) is 16.7 Å². The lowest BCUT2D eigenvalue weighted by molar-refractivity contribution is -0.125. The highest BCUT2D eigenvalue weighted by Gasteiger charge is 2.33. The Balaban J connectivity index is 2.26. The summed E-state index contributed by atoms with van der Waals surface area (Å²) < 4.78 is 0. The standard InChI is InChI=1S/C14H19NO2S/c1-8(2)9(3)18-10-5-6-11-12(7-10)15(4)14(17)13(11)16/h5-9,13,16H,1-4H3. The zero-order valence-electron chi connectivity index (χ0n) is 11.2. The van der Waals surface area contributed by atoms with Crippen molar-refractivity contribution in [2.45, 2.75) is 37.0 Å². The number of fused-ring (bicyclic) bond motifs is 1. The van der Waals surface area contributed by atoms with E-state index in [1.54, 1.807) is 18.8 Å². The zero-order valence-corrected chi connectivity index (χ0v) is 12.0. The summed E-state index contributed by atoms with van der Waals surface area (Å²) in [6.45, 7) is 6.60. The molecule has 1 aromatic rings. The average Bonchev–Trinajstić information content (AvgIpc) is 2.54. The molecule has 0 radical (unpaired) electrons. The third-order valence-electron chi connectivity index (χ3n) is 3.48. The first-order chi connectivity index (χ1) is 8.41. The van der Waals surface area contributed by atoms with Gasteiger partial charge in [-0.1, -0.05) is 26.8 Å². The molecule has 2 rings (SSSR count). The Bertz CT molecular complexity index is 473. The number of likely N-dealkylation sites (N-methyl/N-ethyl adjacent to an activating group) is 1. The number of thioether (sulfide) groups is 1. The van der Waals surface area contributed by atoms with E-state index in [1.165, 1.54) is 4.90 Å². The van der Waals surface area contributed by atoms with Crippen molar-refractivity contribution < 1.29 is 9.90 Å². The maximum Gasteiger partial charge on any atom is 0.260 e. The van der Waals surface area contributed by atoms with E-state index in [2.05, 4.69) is 20.8 Å². The summed E-state index contributed by atoms with van der Waals surface area (Å²) in [5.74, 6) is 0.359. The minimum atomic E-state index is -0.994. The van der Waals surface area contributed by atoms with Crippen molar-refractivity contribution >= 4 is 23.4 Å². The molecule has 0 aliphatic carbocycles. The molecule has 0 saturated heterocycles. The fourth-order valence-corrected chi connectivity index (χ4v) is 2.93. The minimum Gasteiger partial charge on any atom is -0.378 e. The van der Waals surface area contributed by atoms with Crippen molar-refractivity contribution in [3.05, 3.63) is 23.8 Å². The molecule has 1 aromatic carbocycles. The molecule has 4 heteroatoms. The smallest absolute Gasteiger partial charge is 0.260 e. The number of anilines is 1. The summed E-state index contributed by atoms with van der Waals surface area (Å²) in [6, 6.07) is 5.84. The quantitative estimate of drug-likeness (QED) is 0.854. The summed E-state index contributed by atoms with van der Waals surface area (Å²) in [5, 5.41) is 10.3. The molecule has 3 nitrogen and oxygen atoms in total. The van der Waals surface area contributed by atoms with Gasteiger partial charge in [0.15, 0.2) is 6.10 Å². The number of hydrogen-bond donors (Lipinski definition) is 1. The van der Waals surface area contributed by atoms with E-state index < -0.39 is 6.10 Å². The minimum absolute atomic E-state index is 0.246. The number of aliphatic hydroxyl groups is 1. The molecule has 18 heavy (non-hydrogen) atoms. The van der Waals surface area contributed by atoms with Crippen LogP contribution >= 0.6 is 11.8 Å². The second kappa shape index (κ2) is 4.94. The molecule has 1 amide bonds. The lowest BCUT2D eigenvalue weighted by Gasteiger charge is -2.16. The van der Waals surface area contributed by atoms with Crippen molar-refractivity contribution in [2.75, 3.05) is 11.9 Å². The number of benzene rings is 1. The van der Waals surface area contributed by atoms with E-state index in [4.69, 9.17) is 0 Å². The summed E-state index contributed by atoms with van der Waals surface area (Å²) in [4.78, 5) is 14.3. The van der Waals surface area contributed by atoms with Crippen LogP contribution in [0.1, 0.15) is 32.4 Å². The Morgan fingerprint density at radius 2 is 2.00 bits per heavy atom. The van der Waals surface area contributed by atoms with Crippen molar-refractivity contribution in [1.29, 1.82) is 0 Å². The predicted molar refractivity (Wildman–Crippen MR) is 75.0 cm³/mol. The average molecular weight is 265 g/mol. The summed E-state index contributed by atoms with van der Waals surface area (Å²) in [6.07, 6.45) is -0.994. The van der Waals surface area contributed by atoms with Crippen molar-refractivity contribution in [1.82, 2.24) is 0 Å². The number of amides is 1. The van der Waals surface area contributed by atoms with E-state index in [-0.39, 0.29) is 5.91 Å². The van der Waals surface area contributed by atoms with Crippen LogP contribution in [0, 0.1) is 5.92 Å². The number of nitrogens with zero attached hydrogens (tertiary/aromatic N) is 1. The second-order valence-corrected chi connectivity index (χ2v) is 6.54. The van der Waals surface area contributed by atoms with E-state index in [1.807, 2.05) is 18.2 Å². The van der Waals surface area contributed by atoms with Crippen LogP contribution in [0.4, 0.5) is 5.69 Å². The van der Waals surface area contributed by atoms with Gasteiger partial charge in [0, 0.05) is 22.8 Å². The molecule has 0 saturated carbocycles. The highest BCUT2D eigenvalue weighted by Crippen LogP contribution is 2.38. The summed E-state index contributed by atoms with van der Waals surface area (Å²) in [7, 11) is 1.71. The maximum atomic E-state index is 11.7. The highest BCUT2D eigenvalue weighted by atomic mass is 32.2.